The largest absolute Gasteiger partial charge is 0.382 e. The van der Waals surface area contributed by atoms with E-state index in [1.165, 1.54) is 6.42 Å². The smallest absolute Gasteiger partial charge is 0.0914 e. The zero-order chi connectivity index (χ0) is 9.03. The van der Waals surface area contributed by atoms with Crippen LogP contribution in [0.4, 0.5) is 0 Å². The monoisotopic (exact) mass is 172 g/mol. The molecule has 72 valence electrons. The Labute approximate surface area is 75.2 Å². The Bertz CT molecular complexity index is 132. The number of rotatable bonds is 3. The Balaban J connectivity index is 2.51. The van der Waals surface area contributed by atoms with E-state index >= 15 is 0 Å². The van der Waals surface area contributed by atoms with Crippen molar-refractivity contribution in [3.8, 4) is 0 Å². The van der Waals surface area contributed by atoms with Crippen LogP contribution in [0.3, 0.4) is 0 Å². The number of methoxy groups -OCH3 is 1. The third-order valence-electron chi connectivity index (χ3n) is 2.79. The van der Waals surface area contributed by atoms with Gasteiger partial charge in [0.1, 0.15) is 0 Å². The fraction of sp³-hybridized carbons (Fsp3) is 1.00. The third kappa shape index (κ3) is 2.20. The fourth-order valence-electron chi connectivity index (χ4n) is 1.98. The highest BCUT2D eigenvalue weighted by molar-refractivity contribution is 4.84. The lowest BCUT2D eigenvalue weighted by Crippen LogP contribution is -2.42. The van der Waals surface area contributed by atoms with E-state index in [2.05, 4.69) is 13.8 Å². The Morgan fingerprint density at radius 1 is 1.58 bits per heavy atom. The maximum absolute atomic E-state index is 5.80. The van der Waals surface area contributed by atoms with Gasteiger partial charge in [-0.3, -0.25) is 0 Å². The van der Waals surface area contributed by atoms with Crippen molar-refractivity contribution >= 4 is 0 Å². The van der Waals surface area contributed by atoms with Gasteiger partial charge >= 0.3 is 0 Å². The summed E-state index contributed by atoms with van der Waals surface area (Å²) < 4.78 is 11.0. The molecule has 0 saturated carbocycles. The Hall–Kier alpha value is -0.0800. The van der Waals surface area contributed by atoms with E-state index < -0.39 is 0 Å². The van der Waals surface area contributed by atoms with Gasteiger partial charge in [-0.05, 0) is 25.2 Å². The predicted octanol–water partition coefficient (Wildman–Crippen LogP) is 2.23. The van der Waals surface area contributed by atoms with E-state index in [0.29, 0.717) is 0 Å². The maximum atomic E-state index is 5.80. The van der Waals surface area contributed by atoms with Crippen LogP contribution in [-0.4, -0.2) is 25.9 Å². The second-order valence-corrected chi connectivity index (χ2v) is 3.92. The van der Waals surface area contributed by atoms with Gasteiger partial charge in [-0.25, -0.2) is 0 Å². The fourth-order valence-corrected chi connectivity index (χ4v) is 1.98. The van der Waals surface area contributed by atoms with E-state index in [0.717, 1.165) is 32.0 Å². The van der Waals surface area contributed by atoms with Crippen molar-refractivity contribution in [1.82, 2.24) is 0 Å². The van der Waals surface area contributed by atoms with Crippen LogP contribution in [0.2, 0.25) is 0 Å². The molecule has 0 N–H and O–H groups in total. The second kappa shape index (κ2) is 4.24. The Morgan fingerprint density at radius 2 is 2.33 bits per heavy atom. The molecule has 0 aromatic heterocycles. The molecule has 0 bridgehead atoms. The van der Waals surface area contributed by atoms with Gasteiger partial charge in [0.2, 0.25) is 0 Å². The molecule has 0 radical (unpaired) electrons. The third-order valence-corrected chi connectivity index (χ3v) is 2.79. The van der Waals surface area contributed by atoms with Gasteiger partial charge in [-0.1, -0.05) is 13.8 Å². The molecule has 0 spiro atoms. The molecular weight excluding hydrogens is 152 g/mol. The zero-order valence-electron chi connectivity index (χ0n) is 8.43. The van der Waals surface area contributed by atoms with Gasteiger partial charge in [-0.2, -0.15) is 0 Å². The molecule has 12 heavy (non-hydrogen) atoms. The van der Waals surface area contributed by atoms with E-state index in [1.807, 2.05) is 0 Å². The van der Waals surface area contributed by atoms with Crippen molar-refractivity contribution in [2.24, 2.45) is 5.92 Å². The molecule has 2 nitrogen and oxygen atoms in total. The first kappa shape index (κ1) is 10.0. The summed E-state index contributed by atoms with van der Waals surface area (Å²) in [6.45, 7) is 6.12. The average molecular weight is 172 g/mol. The van der Waals surface area contributed by atoms with Crippen LogP contribution in [0.1, 0.15) is 33.1 Å². The molecule has 0 aromatic rings. The van der Waals surface area contributed by atoms with Crippen molar-refractivity contribution in [3.05, 3.63) is 0 Å². The molecule has 1 rings (SSSR count). The molecule has 2 atom stereocenters. The Kier molecular flexibility index (Phi) is 3.53. The van der Waals surface area contributed by atoms with Gasteiger partial charge in [0, 0.05) is 13.7 Å². The highest BCUT2D eigenvalue weighted by Gasteiger charge is 2.34. The molecule has 0 aliphatic carbocycles. The lowest BCUT2D eigenvalue weighted by molar-refractivity contribution is -0.130. The summed E-state index contributed by atoms with van der Waals surface area (Å²) in [6, 6.07) is 0. The van der Waals surface area contributed by atoms with E-state index in [1.54, 1.807) is 7.11 Å². The predicted molar refractivity (Wildman–Crippen MR) is 49.2 cm³/mol. The normalized spacial score (nSPS) is 36.8. The number of hydrogen-bond acceptors (Lipinski definition) is 2. The van der Waals surface area contributed by atoms with Crippen molar-refractivity contribution < 1.29 is 9.47 Å². The number of ether oxygens (including phenoxy) is 2. The highest BCUT2D eigenvalue weighted by Crippen LogP contribution is 2.31. The summed E-state index contributed by atoms with van der Waals surface area (Å²) in [7, 11) is 1.75. The molecule has 1 fully saturated rings. The SMILES string of the molecule is CCC1(COC)CC(C)CCO1. The molecule has 2 unspecified atom stereocenters. The lowest BCUT2D eigenvalue weighted by Gasteiger charge is -2.38. The summed E-state index contributed by atoms with van der Waals surface area (Å²) in [5, 5.41) is 0. The summed E-state index contributed by atoms with van der Waals surface area (Å²) in [6.07, 6.45) is 3.41. The molecule has 0 aromatic carbocycles. The average Bonchev–Trinajstić information content (AvgIpc) is 2.05. The van der Waals surface area contributed by atoms with Crippen LogP contribution in [0.5, 0.6) is 0 Å². The summed E-state index contributed by atoms with van der Waals surface area (Å²) in [5.41, 5.74) is 0.0203. The van der Waals surface area contributed by atoms with Gasteiger partial charge in [0.15, 0.2) is 0 Å². The zero-order valence-corrected chi connectivity index (χ0v) is 8.43. The minimum atomic E-state index is 0.0203. The summed E-state index contributed by atoms with van der Waals surface area (Å²) in [4.78, 5) is 0. The highest BCUT2D eigenvalue weighted by atomic mass is 16.5. The molecule has 1 heterocycles. The van der Waals surface area contributed by atoms with Crippen LogP contribution in [0.25, 0.3) is 0 Å². The quantitative estimate of drug-likeness (QED) is 0.650. The van der Waals surface area contributed by atoms with Crippen molar-refractivity contribution in [2.75, 3.05) is 20.3 Å². The molecule has 1 aliphatic rings. The van der Waals surface area contributed by atoms with Crippen molar-refractivity contribution in [2.45, 2.75) is 38.7 Å². The summed E-state index contributed by atoms with van der Waals surface area (Å²) >= 11 is 0. The van der Waals surface area contributed by atoms with Gasteiger partial charge < -0.3 is 9.47 Å². The molecule has 1 aliphatic heterocycles. The van der Waals surface area contributed by atoms with E-state index in [4.69, 9.17) is 9.47 Å². The molecular formula is C10H20O2. The summed E-state index contributed by atoms with van der Waals surface area (Å²) in [5.74, 6) is 0.786. The van der Waals surface area contributed by atoms with Crippen molar-refractivity contribution in [1.29, 1.82) is 0 Å². The Morgan fingerprint density at radius 3 is 2.83 bits per heavy atom. The first-order valence-corrected chi connectivity index (χ1v) is 4.85. The topological polar surface area (TPSA) is 18.5 Å². The minimum absolute atomic E-state index is 0.0203. The standard InChI is InChI=1S/C10H20O2/c1-4-10(8-11-3)7-9(2)5-6-12-10/h9H,4-8H2,1-3H3. The van der Waals surface area contributed by atoms with Gasteiger partial charge in [0.25, 0.3) is 0 Å². The van der Waals surface area contributed by atoms with Crippen molar-refractivity contribution in [3.63, 3.8) is 0 Å². The van der Waals surface area contributed by atoms with Crippen LogP contribution in [0.15, 0.2) is 0 Å². The van der Waals surface area contributed by atoms with Crippen LogP contribution in [-0.2, 0) is 9.47 Å². The van der Waals surface area contributed by atoms with E-state index in [9.17, 15) is 0 Å². The minimum Gasteiger partial charge on any atom is -0.382 e. The molecule has 2 heteroatoms. The lowest BCUT2D eigenvalue weighted by atomic mass is 9.85. The van der Waals surface area contributed by atoms with Crippen LogP contribution >= 0.6 is 0 Å². The van der Waals surface area contributed by atoms with Crippen LogP contribution < -0.4 is 0 Å². The number of hydrogen-bond donors (Lipinski definition) is 0. The van der Waals surface area contributed by atoms with E-state index in [-0.39, 0.29) is 5.60 Å². The van der Waals surface area contributed by atoms with Gasteiger partial charge in [-0.15, -0.1) is 0 Å². The maximum Gasteiger partial charge on any atom is 0.0914 e. The first-order valence-electron chi connectivity index (χ1n) is 4.85. The molecule has 1 saturated heterocycles. The van der Waals surface area contributed by atoms with Gasteiger partial charge in [0.05, 0.1) is 12.2 Å². The van der Waals surface area contributed by atoms with Crippen LogP contribution in [0, 0.1) is 5.92 Å². The second-order valence-electron chi connectivity index (χ2n) is 3.92. The first-order chi connectivity index (χ1) is 5.72. The molecule has 0 amide bonds.